The standard InChI is InChI=1S/C20H24N2O3/c1-24-18-7-3-5-15(20(18)25-2)12-21-10-14-9-16(13-21)17-6-4-8-19(23)22(17)11-14/h3-8,14,16H,9-13H2,1-2H3/t14-,16+/m0/s1. The molecule has 2 atom stereocenters. The average molecular weight is 340 g/mol. The average Bonchev–Trinajstić information content (AvgIpc) is 2.62. The van der Waals surface area contributed by atoms with E-state index in [1.54, 1.807) is 20.3 Å². The monoisotopic (exact) mass is 340 g/mol. The number of hydrogen-bond donors (Lipinski definition) is 0. The molecule has 1 aromatic carbocycles. The molecule has 2 bridgehead atoms. The number of methoxy groups -OCH3 is 2. The minimum atomic E-state index is 0.134. The van der Waals surface area contributed by atoms with Crippen LogP contribution >= 0.6 is 0 Å². The largest absolute Gasteiger partial charge is 0.493 e. The highest BCUT2D eigenvalue weighted by Crippen LogP contribution is 2.37. The molecule has 5 nitrogen and oxygen atoms in total. The van der Waals surface area contributed by atoms with Crippen LogP contribution in [0.3, 0.4) is 0 Å². The maximum atomic E-state index is 12.1. The Morgan fingerprint density at radius 2 is 1.88 bits per heavy atom. The lowest BCUT2D eigenvalue weighted by atomic mass is 9.83. The van der Waals surface area contributed by atoms with Crippen LogP contribution in [0, 0.1) is 5.92 Å². The van der Waals surface area contributed by atoms with Crippen LogP contribution in [-0.2, 0) is 13.1 Å². The summed E-state index contributed by atoms with van der Waals surface area (Å²) in [6.07, 6.45) is 1.18. The fourth-order valence-corrected chi connectivity index (χ4v) is 4.44. The quantitative estimate of drug-likeness (QED) is 0.858. The Labute approximate surface area is 147 Å². The van der Waals surface area contributed by atoms with E-state index in [9.17, 15) is 4.79 Å². The van der Waals surface area contributed by atoms with Gasteiger partial charge in [-0.15, -0.1) is 0 Å². The minimum Gasteiger partial charge on any atom is -0.493 e. The summed E-state index contributed by atoms with van der Waals surface area (Å²) in [5, 5.41) is 0. The van der Waals surface area contributed by atoms with Gasteiger partial charge in [-0.05, 0) is 24.5 Å². The molecule has 0 unspecified atom stereocenters. The van der Waals surface area contributed by atoms with Gasteiger partial charge >= 0.3 is 0 Å². The smallest absolute Gasteiger partial charge is 0.250 e. The molecule has 1 saturated heterocycles. The lowest BCUT2D eigenvalue weighted by Gasteiger charge is -2.42. The molecule has 5 heteroatoms. The fraction of sp³-hybridized carbons (Fsp3) is 0.450. The predicted molar refractivity (Wildman–Crippen MR) is 96.4 cm³/mol. The molecule has 1 aromatic heterocycles. The Balaban J connectivity index is 1.58. The van der Waals surface area contributed by atoms with E-state index < -0.39 is 0 Å². The number of piperidine rings is 1. The molecule has 0 radical (unpaired) electrons. The highest BCUT2D eigenvalue weighted by molar-refractivity contribution is 5.46. The van der Waals surface area contributed by atoms with E-state index >= 15 is 0 Å². The first-order chi connectivity index (χ1) is 12.2. The van der Waals surface area contributed by atoms with Gasteiger partial charge in [-0.1, -0.05) is 18.2 Å². The molecule has 2 aliphatic heterocycles. The van der Waals surface area contributed by atoms with E-state index in [2.05, 4.69) is 17.0 Å². The lowest BCUT2D eigenvalue weighted by molar-refractivity contribution is 0.113. The Morgan fingerprint density at radius 1 is 1.04 bits per heavy atom. The molecule has 2 aliphatic rings. The minimum absolute atomic E-state index is 0.134. The van der Waals surface area contributed by atoms with Crippen molar-refractivity contribution in [1.82, 2.24) is 9.47 Å². The van der Waals surface area contributed by atoms with Gasteiger partial charge in [0.2, 0.25) is 0 Å². The summed E-state index contributed by atoms with van der Waals surface area (Å²) >= 11 is 0. The van der Waals surface area contributed by atoms with Crippen LogP contribution in [-0.4, -0.2) is 36.8 Å². The molecule has 132 valence electrons. The molecule has 25 heavy (non-hydrogen) atoms. The van der Waals surface area contributed by atoms with Crippen LogP contribution in [0.1, 0.15) is 23.6 Å². The predicted octanol–water partition coefficient (Wildman–Crippen LogP) is 2.48. The van der Waals surface area contributed by atoms with Gasteiger partial charge in [0, 0.05) is 49.4 Å². The number of fused-ring (bicyclic) bond motifs is 4. The van der Waals surface area contributed by atoms with E-state index in [-0.39, 0.29) is 5.56 Å². The van der Waals surface area contributed by atoms with E-state index in [1.165, 1.54) is 12.1 Å². The molecular formula is C20H24N2O3. The maximum absolute atomic E-state index is 12.1. The zero-order valence-corrected chi connectivity index (χ0v) is 14.8. The van der Waals surface area contributed by atoms with Gasteiger partial charge in [0.05, 0.1) is 14.2 Å². The first-order valence-corrected chi connectivity index (χ1v) is 8.81. The van der Waals surface area contributed by atoms with E-state index in [0.717, 1.165) is 43.2 Å². The van der Waals surface area contributed by atoms with Crippen molar-refractivity contribution < 1.29 is 9.47 Å². The van der Waals surface area contributed by atoms with Gasteiger partial charge in [0.25, 0.3) is 5.56 Å². The molecule has 0 saturated carbocycles. The van der Waals surface area contributed by atoms with Crippen molar-refractivity contribution in [3.05, 3.63) is 58.0 Å². The number of hydrogen-bond acceptors (Lipinski definition) is 4. The van der Waals surface area contributed by atoms with Crippen LogP contribution in [0.15, 0.2) is 41.2 Å². The number of rotatable bonds is 4. The molecule has 0 N–H and O–H groups in total. The van der Waals surface area contributed by atoms with Crippen molar-refractivity contribution in [2.45, 2.75) is 25.4 Å². The molecule has 1 fully saturated rings. The maximum Gasteiger partial charge on any atom is 0.250 e. The Morgan fingerprint density at radius 3 is 2.68 bits per heavy atom. The van der Waals surface area contributed by atoms with Crippen molar-refractivity contribution in [2.75, 3.05) is 27.3 Å². The Hall–Kier alpha value is -2.27. The Bertz CT molecular complexity index is 830. The molecule has 0 aliphatic carbocycles. The number of ether oxygens (including phenoxy) is 2. The Kier molecular flexibility index (Phi) is 4.25. The van der Waals surface area contributed by atoms with Gasteiger partial charge in [-0.3, -0.25) is 9.69 Å². The van der Waals surface area contributed by atoms with Crippen molar-refractivity contribution in [2.24, 2.45) is 5.92 Å². The highest BCUT2D eigenvalue weighted by atomic mass is 16.5. The van der Waals surface area contributed by atoms with Gasteiger partial charge in [0.15, 0.2) is 11.5 Å². The second kappa shape index (κ2) is 6.56. The molecule has 3 heterocycles. The number of benzene rings is 1. The van der Waals surface area contributed by atoms with E-state index in [0.29, 0.717) is 11.8 Å². The van der Waals surface area contributed by atoms with Crippen LogP contribution in [0.2, 0.25) is 0 Å². The zero-order valence-electron chi connectivity index (χ0n) is 14.8. The van der Waals surface area contributed by atoms with Crippen molar-refractivity contribution >= 4 is 0 Å². The fourth-order valence-electron chi connectivity index (χ4n) is 4.44. The second-order valence-electron chi connectivity index (χ2n) is 7.04. The van der Waals surface area contributed by atoms with Crippen LogP contribution in [0.25, 0.3) is 0 Å². The SMILES string of the molecule is COc1cccc(CN2C[C@@H]3C[C@H](C2)c2cccc(=O)n2C3)c1OC. The van der Waals surface area contributed by atoms with Crippen molar-refractivity contribution in [1.29, 1.82) is 0 Å². The summed E-state index contributed by atoms with van der Waals surface area (Å²) in [5.41, 5.74) is 2.47. The third kappa shape index (κ3) is 2.93. The lowest BCUT2D eigenvalue weighted by Crippen LogP contribution is -2.46. The number of likely N-dealkylation sites (tertiary alicyclic amines) is 1. The van der Waals surface area contributed by atoms with Gasteiger partial charge in [-0.25, -0.2) is 0 Å². The first-order valence-electron chi connectivity index (χ1n) is 8.81. The first kappa shape index (κ1) is 16.2. The number of pyridine rings is 1. The highest BCUT2D eigenvalue weighted by Gasteiger charge is 2.34. The number of nitrogens with zero attached hydrogens (tertiary/aromatic N) is 2. The summed E-state index contributed by atoms with van der Waals surface area (Å²) in [5.74, 6) is 2.55. The molecule has 0 amide bonds. The summed E-state index contributed by atoms with van der Waals surface area (Å²) < 4.78 is 13.0. The third-order valence-corrected chi connectivity index (χ3v) is 5.43. The summed E-state index contributed by atoms with van der Waals surface area (Å²) in [4.78, 5) is 14.6. The normalized spacial score (nSPS) is 22.3. The molecule has 4 rings (SSSR count). The van der Waals surface area contributed by atoms with Gasteiger partial charge in [-0.2, -0.15) is 0 Å². The molecule has 0 spiro atoms. The number of aromatic nitrogens is 1. The van der Waals surface area contributed by atoms with Crippen LogP contribution < -0.4 is 15.0 Å². The molecule has 2 aromatic rings. The summed E-state index contributed by atoms with van der Waals surface area (Å²) in [6, 6.07) is 11.7. The topological polar surface area (TPSA) is 43.7 Å². The number of para-hydroxylation sites is 1. The summed E-state index contributed by atoms with van der Waals surface area (Å²) in [6.45, 7) is 3.65. The second-order valence-corrected chi connectivity index (χ2v) is 7.04. The van der Waals surface area contributed by atoms with Gasteiger partial charge in [0.1, 0.15) is 0 Å². The third-order valence-electron chi connectivity index (χ3n) is 5.43. The van der Waals surface area contributed by atoms with E-state index in [1.807, 2.05) is 22.8 Å². The van der Waals surface area contributed by atoms with Crippen molar-refractivity contribution in [3.8, 4) is 11.5 Å². The summed E-state index contributed by atoms with van der Waals surface area (Å²) in [7, 11) is 3.36. The van der Waals surface area contributed by atoms with E-state index in [4.69, 9.17) is 9.47 Å². The van der Waals surface area contributed by atoms with Crippen LogP contribution in [0.5, 0.6) is 11.5 Å². The van der Waals surface area contributed by atoms with Gasteiger partial charge < -0.3 is 14.0 Å². The van der Waals surface area contributed by atoms with Crippen LogP contribution in [0.4, 0.5) is 0 Å². The molecular weight excluding hydrogens is 316 g/mol. The van der Waals surface area contributed by atoms with Crippen molar-refractivity contribution in [3.63, 3.8) is 0 Å². The zero-order chi connectivity index (χ0) is 17.4.